The molecule has 0 spiro atoms. The number of unbranched alkanes of at least 4 members (excludes halogenated alkanes) is 1. The van der Waals surface area contributed by atoms with Gasteiger partial charge >= 0.3 is 0 Å². The summed E-state index contributed by atoms with van der Waals surface area (Å²) in [6, 6.07) is 8.09. The van der Waals surface area contributed by atoms with Gasteiger partial charge in [0.2, 0.25) is 5.89 Å². The lowest BCUT2D eigenvalue weighted by Gasteiger charge is -2.01. The first-order chi connectivity index (χ1) is 9.74. The van der Waals surface area contributed by atoms with Crippen LogP contribution in [0, 0.1) is 0 Å². The Morgan fingerprint density at radius 1 is 1.20 bits per heavy atom. The van der Waals surface area contributed by atoms with Gasteiger partial charge in [-0.2, -0.15) is 0 Å². The van der Waals surface area contributed by atoms with Crippen molar-refractivity contribution in [3.8, 4) is 11.3 Å². The van der Waals surface area contributed by atoms with Crippen molar-refractivity contribution in [2.24, 2.45) is 0 Å². The summed E-state index contributed by atoms with van der Waals surface area (Å²) in [6.07, 6.45) is 8.40. The number of aromatic nitrogens is 1. The molecule has 0 bridgehead atoms. The number of hydrogen-bond donors (Lipinski definition) is 0. The molecule has 1 heterocycles. The predicted molar refractivity (Wildman–Crippen MR) is 87.4 cm³/mol. The number of halogens is 1. The molecule has 106 valence electrons. The molecule has 2 nitrogen and oxygen atoms in total. The Labute approximate surface area is 129 Å². The van der Waals surface area contributed by atoms with Crippen LogP contribution in [0.4, 0.5) is 0 Å². The van der Waals surface area contributed by atoms with E-state index in [0.29, 0.717) is 0 Å². The number of oxazole rings is 1. The van der Waals surface area contributed by atoms with Gasteiger partial charge in [0.05, 0.1) is 6.20 Å². The fourth-order valence-corrected chi connectivity index (χ4v) is 2.32. The van der Waals surface area contributed by atoms with Crippen LogP contribution in [0.3, 0.4) is 0 Å². The lowest BCUT2D eigenvalue weighted by atomic mass is 10.1. The minimum Gasteiger partial charge on any atom is -0.437 e. The molecule has 0 saturated carbocycles. The van der Waals surface area contributed by atoms with Gasteiger partial charge in [-0.3, -0.25) is 0 Å². The Morgan fingerprint density at radius 2 is 1.95 bits per heavy atom. The number of hydrogen-bond acceptors (Lipinski definition) is 2. The summed E-state index contributed by atoms with van der Waals surface area (Å²) in [5, 5.41) is 0. The number of rotatable bonds is 6. The fourth-order valence-electron chi connectivity index (χ4n) is 2.05. The average Bonchev–Trinajstić information content (AvgIpc) is 2.94. The Balaban J connectivity index is 2.24. The first-order valence-electron chi connectivity index (χ1n) is 7.15. The molecule has 0 radical (unpaired) electrons. The fraction of sp³-hybridized carbons (Fsp3) is 0.353. The predicted octanol–water partition coefficient (Wildman–Crippen LogP) is 6.09. The summed E-state index contributed by atoms with van der Waals surface area (Å²) in [4.78, 5) is 4.44. The highest BCUT2D eigenvalue weighted by molar-refractivity contribution is 9.10. The first kappa shape index (κ1) is 15.0. The summed E-state index contributed by atoms with van der Waals surface area (Å²) in [5.74, 6) is 1.59. The van der Waals surface area contributed by atoms with Gasteiger partial charge in [-0.1, -0.05) is 60.8 Å². The monoisotopic (exact) mass is 333 g/mol. The third-order valence-electron chi connectivity index (χ3n) is 3.11. The van der Waals surface area contributed by atoms with Crippen LogP contribution in [0.25, 0.3) is 16.9 Å². The molecule has 1 aromatic heterocycles. The molecule has 0 saturated heterocycles. The zero-order valence-electron chi connectivity index (χ0n) is 12.0. The third kappa shape index (κ3) is 3.83. The van der Waals surface area contributed by atoms with Gasteiger partial charge in [-0.15, -0.1) is 0 Å². The van der Waals surface area contributed by atoms with Gasteiger partial charge in [0.25, 0.3) is 0 Å². The van der Waals surface area contributed by atoms with Crippen LogP contribution in [0.1, 0.15) is 45.4 Å². The van der Waals surface area contributed by atoms with Crippen LogP contribution in [0.5, 0.6) is 0 Å². The number of benzene rings is 1. The standard InChI is InChI=1S/C17H20BrNO/c1-3-5-7-14(6-4-2)17-19-12-16(20-17)13-8-10-15(18)11-9-13/h7-12H,3-6H2,1-2H3/b14-7+. The Morgan fingerprint density at radius 3 is 2.60 bits per heavy atom. The van der Waals surface area contributed by atoms with Crippen molar-refractivity contribution in [2.45, 2.75) is 39.5 Å². The third-order valence-corrected chi connectivity index (χ3v) is 3.64. The van der Waals surface area contributed by atoms with Crippen molar-refractivity contribution in [3.05, 3.63) is 46.9 Å². The summed E-state index contributed by atoms with van der Waals surface area (Å²) >= 11 is 3.44. The van der Waals surface area contributed by atoms with E-state index in [1.54, 1.807) is 0 Å². The second kappa shape index (κ2) is 7.44. The van der Waals surface area contributed by atoms with Crippen LogP contribution in [0.15, 0.2) is 45.4 Å². The van der Waals surface area contributed by atoms with Gasteiger partial charge in [0, 0.05) is 15.6 Å². The molecule has 0 fully saturated rings. The minimum atomic E-state index is 0.762. The molecule has 20 heavy (non-hydrogen) atoms. The van der Waals surface area contributed by atoms with Crippen molar-refractivity contribution in [1.82, 2.24) is 4.98 Å². The van der Waals surface area contributed by atoms with E-state index < -0.39 is 0 Å². The van der Waals surface area contributed by atoms with Crippen LogP contribution >= 0.6 is 15.9 Å². The van der Waals surface area contributed by atoms with E-state index in [4.69, 9.17) is 4.42 Å². The maximum atomic E-state index is 5.93. The van der Waals surface area contributed by atoms with E-state index in [9.17, 15) is 0 Å². The molecule has 2 aromatic rings. The van der Waals surface area contributed by atoms with Crippen molar-refractivity contribution in [2.75, 3.05) is 0 Å². The largest absolute Gasteiger partial charge is 0.437 e. The Hall–Kier alpha value is -1.35. The van der Waals surface area contributed by atoms with Crippen molar-refractivity contribution >= 4 is 21.5 Å². The SMILES string of the molecule is CCC/C=C(\CCC)c1ncc(-c2ccc(Br)cc2)o1. The molecule has 0 atom stereocenters. The summed E-state index contributed by atoms with van der Waals surface area (Å²) in [6.45, 7) is 4.36. The first-order valence-corrected chi connectivity index (χ1v) is 7.95. The zero-order chi connectivity index (χ0) is 14.4. The maximum absolute atomic E-state index is 5.93. The van der Waals surface area contributed by atoms with Gasteiger partial charge in [0.15, 0.2) is 5.76 Å². The smallest absolute Gasteiger partial charge is 0.222 e. The molecular formula is C17H20BrNO. The van der Waals surface area contributed by atoms with Crippen molar-refractivity contribution in [3.63, 3.8) is 0 Å². The lowest BCUT2D eigenvalue weighted by molar-refractivity contribution is 0.551. The van der Waals surface area contributed by atoms with Gasteiger partial charge in [-0.05, 0) is 25.0 Å². The summed E-state index contributed by atoms with van der Waals surface area (Å²) in [5.41, 5.74) is 2.27. The molecule has 1 aromatic carbocycles. The Bertz CT molecular complexity index is 569. The molecule has 0 amide bonds. The molecule has 0 aliphatic rings. The van der Waals surface area contributed by atoms with E-state index in [0.717, 1.165) is 47.4 Å². The van der Waals surface area contributed by atoms with Crippen LogP contribution in [-0.4, -0.2) is 4.98 Å². The summed E-state index contributed by atoms with van der Waals surface area (Å²) < 4.78 is 6.99. The highest BCUT2D eigenvalue weighted by atomic mass is 79.9. The molecule has 3 heteroatoms. The zero-order valence-corrected chi connectivity index (χ0v) is 13.6. The normalized spacial score (nSPS) is 11.8. The topological polar surface area (TPSA) is 26.0 Å². The lowest BCUT2D eigenvalue weighted by Crippen LogP contribution is -1.84. The van der Waals surface area contributed by atoms with Gasteiger partial charge < -0.3 is 4.42 Å². The molecule has 0 aliphatic carbocycles. The van der Waals surface area contributed by atoms with E-state index in [2.05, 4.69) is 40.8 Å². The summed E-state index contributed by atoms with van der Waals surface area (Å²) in [7, 11) is 0. The molecular weight excluding hydrogens is 314 g/mol. The second-order valence-corrected chi connectivity index (χ2v) is 5.72. The highest BCUT2D eigenvalue weighted by Crippen LogP contribution is 2.27. The highest BCUT2D eigenvalue weighted by Gasteiger charge is 2.10. The van der Waals surface area contributed by atoms with E-state index in [1.165, 1.54) is 5.57 Å². The number of allylic oxidation sites excluding steroid dienone is 2. The quantitative estimate of drug-likeness (QED) is 0.639. The Kier molecular flexibility index (Phi) is 5.60. The second-order valence-electron chi connectivity index (χ2n) is 4.80. The molecule has 0 aliphatic heterocycles. The molecule has 0 N–H and O–H groups in total. The van der Waals surface area contributed by atoms with Crippen molar-refractivity contribution < 1.29 is 4.42 Å². The van der Waals surface area contributed by atoms with Gasteiger partial charge in [0.1, 0.15) is 0 Å². The van der Waals surface area contributed by atoms with E-state index in [1.807, 2.05) is 30.5 Å². The van der Waals surface area contributed by atoms with E-state index in [-0.39, 0.29) is 0 Å². The molecule has 0 unspecified atom stereocenters. The van der Waals surface area contributed by atoms with Gasteiger partial charge in [-0.25, -0.2) is 4.98 Å². The van der Waals surface area contributed by atoms with E-state index >= 15 is 0 Å². The van der Waals surface area contributed by atoms with Crippen LogP contribution < -0.4 is 0 Å². The number of nitrogens with zero attached hydrogens (tertiary/aromatic N) is 1. The van der Waals surface area contributed by atoms with Crippen LogP contribution in [-0.2, 0) is 0 Å². The van der Waals surface area contributed by atoms with Crippen molar-refractivity contribution in [1.29, 1.82) is 0 Å². The molecule has 2 rings (SSSR count). The maximum Gasteiger partial charge on any atom is 0.222 e. The van der Waals surface area contributed by atoms with Crippen LogP contribution in [0.2, 0.25) is 0 Å². The average molecular weight is 334 g/mol. The minimum absolute atomic E-state index is 0.762.